The smallest absolute Gasteiger partial charge is 0.335 e. The zero-order valence-corrected chi connectivity index (χ0v) is 9.42. The zero-order valence-electron chi connectivity index (χ0n) is 9.42. The Morgan fingerprint density at radius 1 is 1.44 bits per heavy atom. The number of aromatic carboxylic acids is 1. The van der Waals surface area contributed by atoms with Crippen molar-refractivity contribution in [2.24, 2.45) is 0 Å². The number of carboxylic acid groups (broad SMARTS) is 1. The lowest BCUT2D eigenvalue weighted by Gasteiger charge is -1.99. The van der Waals surface area contributed by atoms with Gasteiger partial charge in [-0.1, -0.05) is 12.1 Å². The van der Waals surface area contributed by atoms with Gasteiger partial charge in [-0.2, -0.15) is 0 Å². The van der Waals surface area contributed by atoms with E-state index in [-0.39, 0.29) is 5.56 Å². The molecule has 5 nitrogen and oxygen atoms in total. The minimum atomic E-state index is -0.958. The van der Waals surface area contributed by atoms with E-state index in [0.717, 1.165) is 17.5 Å². The summed E-state index contributed by atoms with van der Waals surface area (Å²) in [5.74, 6) is -0.338. The molecule has 90 valence electrons. The Morgan fingerprint density at radius 2 is 2.28 bits per heavy atom. The summed E-state index contributed by atoms with van der Waals surface area (Å²) in [7, 11) is 0. The van der Waals surface area contributed by atoms with Gasteiger partial charge in [-0.3, -0.25) is 0 Å². The second kappa shape index (κ2) is 5.09. The van der Waals surface area contributed by atoms with E-state index in [0.29, 0.717) is 5.82 Å². The molecule has 0 radical (unpaired) electrons. The molecule has 0 spiro atoms. The molecule has 1 aromatic carbocycles. The van der Waals surface area contributed by atoms with Gasteiger partial charge in [0, 0.05) is 11.8 Å². The highest BCUT2D eigenvalue weighted by Crippen LogP contribution is 2.18. The van der Waals surface area contributed by atoms with Crippen molar-refractivity contribution in [3.05, 3.63) is 47.9 Å². The number of carboxylic acids is 1. The predicted molar refractivity (Wildman–Crippen MR) is 68.8 cm³/mol. The molecular formula is C13H11N3O2. The maximum Gasteiger partial charge on any atom is 0.335 e. The van der Waals surface area contributed by atoms with E-state index >= 15 is 0 Å². The SMILES string of the molecule is N=C/C=C\c1ncc(-c2cccc(C(=O)O)c2)[nH]1. The second-order valence-electron chi connectivity index (χ2n) is 3.59. The van der Waals surface area contributed by atoms with Gasteiger partial charge in [-0.05, 0) is 24.3 Å². The Balaban J connectivity index is 2.33. The quantitative estimate of drug-likeness (QED) is 0.718. The Labute approximate surface area is 103 Å². The average molecular weight is 241 g/mol. The fourth-order valence-corrected chi connectivity index (χ4v) is 1.53. The number of aromatic nitrogens is 2. The molecule has 2 rings (SSSR count). The lowest BCUT2D eigenvalue weighted by Crippen LogP contribution is -1.95. The van der Waals surface area contributed by atoms with Crippen molar-refractivity contribution in [2.45, 2.75) is 0 Å². The van der Waals surface area contributed by atoms with Crippen LogP contribution >= 0.6 is 0 Å². The molecule has 1 aromatic heterocycles. The number of rotatable bonds is 4. The van der Waals surface area contributed by atoms with Crippen molar-refractivity contribution in [2.75, 3.05) is 0 Å². The summed E-state index contributed by atoms with van der Waals surface area (Å²) in [6.07, 6.45) is 6.01. The monoisotopic (exact) mass is 241 g/mol. The second-order valence-corrected chi connectivity index (χ2v) is 3.59. The number of allylic oxidation sites excluding steroid dienone is 1. The van der Waals surface area contributed by atoms with E-state index in [1.165, 1.54) is 6.07 Å². The fourth-order valence-electron chi connectivity index (χ4n) is 1.53. The van der Waals surface area contributed by atoms with E-state index in [2.05, 4.69) is 9.97 Å². The summed E-state index contributed by atoms with van der Waals surface area (Å²) >= 11 is 0. The van der Waals surface area contributed by atoms with E-state index in [9.17, 15) is 4.79 Å². The zero-order chi connectivity index (χ0) is 13.0. The number of imidazole rings is 1. The van der Waals surface area contributed by atoms with Gasteiger partial charge in [0.15, 0.2) is 0 Å². The Hall–Kier alpha value is -2.69. The highest BCUT2D eigenvalue weighted by atomic mass is 16.4. The third-order valence-corrected chi connectivity index (χ3v) is 2.37. The summed E-state index contributed by atoms with van der Waals surface area (Å²) < 4.78 is 0. The molecule has 18 heavy (non-hydrogen) atoms. The predicted octanol–water partition coefficient (Wildman–Crippen LogP) is 2.44. The number of nitrogens with zero attached hydrogens (tertiary/aromatic N) is 1. The molecule has 0 aliphatic rings. The van der Waals surface area contributed by atoms with E-state index < -0.39 is 5.97 Å². The van der Waals surface area contributed by atoms with Crippen molar-refractivity contribution >= 4 is 18.3 Å². The third kappa shape index (κ3) is 2.52. The molecular weight excluding hydrogens is 230 g/mol. The number of hydrogen-bond acceptors (Lipinski definition) is 3. The number of aromatic amines is 1. The molecule has 3 N–H and O–H groups in total. The Bertz CT molecular complexity index is 614. The molecule has 0 bridgehead atoms. The van der Waals surface area contributed by atoms with E-state index in [1.807, 2.05) is 6.07 Å². The van der Waals surface area contributed by atoms with Crippen LogP contribution in [0.15, 0.2) is 36.5 Å². The lowest BCUT2D eigenvalue weighted by molar-refractivity contribution is 0.0697. The van der Waals surface area contributed by atoms with Crippen LogP contribution in [0.2, 0.25) is 0 Å². The van der Waals surface area contributed by atoms with Gasteiger partial charge in [-0.15, -0.1) is 0 Å². The summed E-state index contributed by atoms with van der Waals surface area (Å²) in [5.41, 5.74) is 1.73. The minimum absolute atomic E-state index is 0.235. The normalized spacial score (nSPS) is 10.7. The number of nitrogens with one attached hydrogen (secondary N) is 2. The minimum Gasteiger partial charge on any atom is -0.478 e. The van der Waals surface area contributed by atoms with Gasteiger partial charge in [0.1, 0.15) is 5.82 Å². The summed E-state index contributed by atoms with van der Waals surface area (Å²) in [5, 5.41) is 15.8. The lowest BCUT2D eigenvalue weighted by atomic mass is 10.1. The summed E-state index contributed by atoms with van der Waals surface area (Å²) in [6, 6.07) is 6.62. The first-order valence-electron chi connectivity index (χ1n) is 5.26. The first-order valence-corrected chi connectivity index (χ1v) is 5.26. The molecule has 0 aliphatic carbocycles. The fraction of sp³-hybridized carbons (Fsp3) is 0. The molecule has 5 heteroatoms. The van der Waals surface area contributed by atoms with Crippen LogP contribution in [0.25, 0.3) is 17.3 Å². The number of hydrogen-bond donors (Lipinski definition) is 3. The molecule has 0 unspecified atom stereocenters. The van der Waals surface area contributed by atoms with Gasteiger partial charge >= 0.3 is 5.97 Å². The molecule has 0 amide bonds. The van der Waals surface area contributed by atoms with Gasteiger partial charge in [-0.25, -0.2) is 9.78 Å². The van der Waals surface area contributed by atoms with E-state index in [4.69, 9.17) is 10.5 Å². The summed E-state index contributed by atoms with van der Waals surface area (Å²) in [4.78, 5) is 18.0. The first kappa shape index (κ1) is 11.8. The molecule has 0 saturated heterocycles. The van der Waals surface area contributed by atoms with Crippen molar-refractivity contribution < 1.29 is 9.90 Å². The van der Waals surface area contributed by atoms with Crippen molar-refractivity contribution in [1.29, 1.82) is 5.41 Å². The molecule has 1 heterocycles. The van der Waals surface area contributed by atoms with Crippen molar-refractivity contribution in [3.63, 3.8) is 0 Å². The van der Waals surface area contributed by atoms with Gasteiger partial charge < -0.3 is 15.5 Å². The summed E-state index contributed by atoms with van der Waals surface area (Å²) in [6.45, 7) is 0. The topological polar surface area (TPSA) is 89.8 Å². The highest BCUT2D eigenvalue weighted by molar-refractivity contribution is 5.89. The van der Waals surface area contributed by atoms with Gasteiger partial charge in [0.2, 0.25) is 0 Å². The standard InChI is InChI=1S/C13H11N3O2/c14-6-2-5-12-15-8-11(16-12)9-3-1-4-10(7-9)13(17)18/h1-8,14H,(H,15,16)(H,17,18)/b5-2-,14-6?. The van der Waals surface area contributed by atoms with Crippen molar-refractivity contribution in [1.82, 2.24) is 9.97 Å². The van der Waals surface area contributed by atoms with Crippen molar-refractivity contribution in [3.8, 4) is 11.3 Å². The van der Waals surface area contributed by atoms with Crippen LogP contribution in [0, 0.1) is 5.41 Å². The van der Waals surface area contributed by atoms with Gasteiger partial charge in [0.05, 0.1) is 17.5 Å². The maximum atomic E-state index is 10.9. The van der Waals surface area contributed by atoms with Gasteiger partial charge in [0.25, 0.3) is 0 Å². The van der Waals surface area contributed by atoms with Crippen LogP contribution in [0.4, 0.5) is 0 Å². The van der Waals surface area contributed by atoms with Crippen LogP contribution in [0.5, 0.6) is 0 Å². The molecule has 2 aromatic rings. The first-order chi connectivity index (χ1) is 8.70. The molecule has 0 saturated carbocycles. The molecule has 0 aliphatic heterocycles. The Morgan fingerprint density at radius 3 is 3.00 bits per heavy atom. The average Bonchev–Trinajstić information content (AvgIpc) is 2.85. The number of carbonyl (C=O) groups is 1. The van der Waals surface area contributed by atoms with Crippen LogP contribution in [0.1, 0.15) is 16.2 Å². The molecule has 0 fully saturated rings. The largest absolute Gasteiger partial charge is 0.478 e. The number of H-pyrrole nitrogens is 1. The van der Waals surface area contributed by atoms with Crippen LogP contribution < -0.4 is 0 Å². The van der Waals surface area contributed by atoms with Crippen LogP contribution in [0.3, 0.4) is 0 Å². The molecule has 0 atom stereocenters. The van der Waals surface area contributed by atoms with E-state index in [1.54, 1.807) is 30.5 Å². The maximum absolute atomic E-state index is 10.9. The Kier molecular flexibility index (Phi) is 3.33. The third-order valence-electron chi connectivity index (χ3n) is 2.37. The van der Waals surface area contributed by atoms with Crippen LogP contribution in [-0.4, -0.2) is 27.3 Å². The highest BCUT2D eigenvalue weighted by Gasteiger charge is 2.06. The van der Waals surface area contributed by atoms with Crippen LogP contribution in [-0.2, 0) is 0 Å². The number of benzene rings is 1.